The highest BCUT2D eigenvalue weighted by Gasteiger charge is 2.47. The number of ether oxygens (including phenoxy) is 1. The largest absolute Gasteiger partial charge is 0.477 e. The van der Waals surface area contributed by atoms with Crippen LogP contribution in [0.4, 0.5) is 11.4 Å². The number of piperidine rings is 4. The summed E-state index contributed by atoms with van der Waals surface area (Å²) < 4.78 is 7.86. The third-order valence-corrected chi connectivity index (χ3v) is 15.8. The second kappa shape index (κ2) is 18.8. The lowest BCUT2D eigenvalue weighted by molar-refractivity contribution is -0.148. The standard InChI is InChI=1S/C50H53ClN8O6S/c51-39-8-5-10-41-45(39)66-47(55-41)37-7-2-4-11-42(37)65-50(18-24-59(25-19-50)48(63)38-27-44(61)54-40-9-3-1-6-36(38)40)49(64)53-33-16-20-57(21-17-33)30-31-14-22-58(23-15-31)34-26-32(28-52-29-34)35-12-13-43(60)56-46(35)62/h1-11,26,28-29,31,33,35,38H,12-25,27,30H2,(H,53,64)(H,54,61)(H,56,60,62)/t35?,38-/m0/s1. The average molecular weight is 930 g/mol. The van der Waals surface area contributed by atoms with Crippen molar-refractivity contribution in [3.05, 3.63) is 101 Å². The highest BCUT2D eigenvalue weighted by atomic mass is 35.5. The highest BCUT2D eigenvalue weighted by Crippen LogP contribution is 2.42. The predicted molar refractivity (Wildman–Crippen MR) is 254 cm³/mol. The minimum atomic E-state index is -1.26. The fraction of sp³-hybridized carbons (Fsp3) is 0.420. The Labute approximate surface area is 392 Å². The Bertz CT molecular complexity index is 2670. The predicted octanol–water partition coefficient (Wildman–Crippen LogP) is 6.90. The van der Waals surface area contributed by atoms with Crippen molar-refractivity contribution in [1.82, 2.24) is 30.4 Å². The summed E-state index contributed by atoms with van der Waals surface area (Å²) in [7, 11) is 0. The average Bonchev–Trinajstić information content (AvgIpc) is 3.78. The molecule has 10 rings (SSSR count). The van der Waals surface area contributed by atoms with Crippen LogP contribution in [0.15, 0.2) is 85.2 Å². The number of carbonyl (C=O) groups excluding carboxylic acids is 5. The summed E-state index contributed by atoms with van der Waals surface area (Å²) in [5.74, 6) is -0.810. The Morgan fingerprint density at radius 2 is 1.62 bits per heavy atom. The van der Waals surface area contributed by atoms with E-state index in [0.29, 0.717) is 48.3 Å². The summed E-state index contributed by atoms with van der Waals surface area (Å²) >= 11 is 8.05. The number of rotatable bonds is 10. The maximum Gasteiger partial charge on any atom is 0.264 e. The molecule has 0 aliphatic carbocycles. The van der Waals surface area contributed by atoms with E-state index in [0.717, 1.165) is 96.0 Å². The number of pyridine rings is 1. The summed E-state index contributed by atoms with van der Waals surface area (Å²) in [5, 5.41) is 10.1. The van der Waals surface area contributed by atoms with E-state index < -0.39 is 11.5 Å². The van der Waals surface area contributed by atoms with Gasteiger partial charge < -0.3 is 30.1 Å². The zero-order valence-electron chi connectivity index (χ0n) is 36.7. The molecule has 66 heavy (non-hydrogen) atoms. The first-order valence-corrected chi connectivity index (χ1v) is 24.4. The zero-order chi connectivity index (χ0) is 45.4. The normalized spacial score (nSPS) is 21.8. The van der Waals surface area contributed by atoms with Gasteiger partial charge in [0.25, 0.3) is 5.91 Å². The molecule has 0 radical (unpaired) electrons. The van der Waals surface area contributed by atoms with Gasteiger partial charge in [-0.25, -0.2) is 4.98 Å². The molecule has 4 saturated heterocycles. The smallest absolute Gasteiger partial charge is 0.264 e. The Morgan fingerprint density at radius 3 is 2.41 bits per heavy atom. The van der Waals surface area contributed by atoms with Crippen LogP contribution in [0.1, 0.15) is 80.8 Å². The lowest BCUT2D eigenvalue weighted by Gasteiger charge is -2.43. The molecule has 0 spiro atoms. The van der Waals surface area contributed by atoms with Crippen molar-refractivity contribution in [2.24, 2.45) is 5.92 Å². The van der Waals surface area contributed by atoms with Crippen LogP contribution in [0, 0.1) is 5.92 Å². The topological polar surface area (TPSA) is 166 Å². The second-order valence-electron chi connectivity index (χ2n) is 18.4. The number of carbonyl (C=O) groups is 5. The Hall–Kier alpha value is -5.90. The fourth-order valence-electron chi connectivity index (χ4n) is 10.4. The van der Waals surface area contributed by atoms with Gasteiger partial charge in [-0.2, -0.15) is 0 Å². The van der Waals surface area contributed by atoms with Crippen molar-refractivity contribution in [2.45, 2.75) is 81.3 Å². The van der Waals surface area contributed by atoms with Crippen LogP contribution >= 0.6 is 22.9 Å². The Kier molecular flexibility index (Phi) is 12.5. The number of amides is 5. The van der Waals surface area contributed by atoms with E-state index in [9.17, 15) is 24.0 Å². The molecule has 4 fully saturated rings. The van der Waals surface area contributed by atoms with Gasteiger partial charge in [-0.05, 0) is 85.5 Å². The third-order valence-electron chi connectivity index (χ3n) is 14.2. The number of fused-ring (bicyclic) bond motifs is 2. The van der Waals surface area contributed by atoms with E-state index in [2.05, 4.69) is 36.8 Å². The number of benzene rings is 3. The van der Waals surface area contributed by atoms with Crippen molar-refractivity contribution in [2.75, 3.05) is 56.0 Å². The van der Waals surface area contributed by atoms with E-state index in [4.69, 9.17) is 21.3 Å². The number of anilines is 2. The molecule has 16 heteroatoms. The summed E-state index contributed by atoms with van der Waals surface area (Å²) in [4.78, 5) is 81.9. The molecule has 0 saturated carbocycles. The number of imide groups is 1. The lowest BCUT2D eigenvalue weighted by atomic mass is 9.86. The maximum absolute atomic E-state index is 14.8. The first kappa shape index (κ1) is 44.0. The van der Waals surface area contributed by atoms with Crippen molar-refractivity contribution >= 4 is 74.1 Å². The van der Waals surface area contributed by atoms with Gasteiger partial charge in [-0.15, -0.1) is 11.3 Å². The van der Waals surface area contributed by atoms with Crippen molar-refractivity contribution < 1.29 is 28.7 Å². The molecule has 2 aromatic heterocycles. The van der Waals surface area contributed by atoms with Gasteiger partial charge in [0.1, 0.15) is 10.8 Å². The third kappa shape index (κ3) is 9.12. The van der Waals surface area contributed by atoms with Crippen LogP contribution < -0.4 is 25.6 Å². The quantitative estimate of drug-likeness (QED) is 0.126. The molecule has 342 valence electrons. The molecule has 14 nitrogen and oxygen atoms in total. The van der Waals surface area contributed by atoms with Gasteiger partial charge in [0.05, 0.1) is 44.5 Å². The van der Waals surface area contributed by atoms with E-state index in [1.165, 1.54) is 11.3 Å². The first-order valence-electron chi connectivity index (χ1n) is 23.2. The first-order chi connectivity index (χ1) is 32.1. The molecule has 5 aliphatic rings. The summed E-state index contributed by atoms with van der Waals surface area (Å²) in [6.45, 7) is 5.15. The van der Waals surface area contributed by atoms with E-state index in [-0.39, 0.29) is 60.8 Å². The molecule has 1 unspecified atom stereocenters. The number of hydrogen-bond donors (Lipinski definition) is 3. The van der Waals surface area contributed by atoms with Gasteiger partial charge >= 0.3 is 0 Å². The number of likely N-dealkylation sites (tertiary alicyclic amines) is 2. The molecular formula is C50H53ClN8O6S. The maximum atomic E-state index is 14.8. The van der Waals surface area contributed by atoms with Crippen LogP contribution in [0.25, 0.3) is 20.8 Å². The zero-order valence-corrected chi connectivity index (χ0v) is 38.3. The van der Waals surface area contributed by atoms with Crippen LogP contribution in [0.5, 0.6) is 5.75 Å². The molecule has 5 amide bonds. The van der Waals surface area contributed by atoms with E-state index >= 15 is 0 Å². The van der Waals surface area contributed by atoms with Crippen molar-refractivity contribution in [3.63, 3.8) is 0 Å². The summed E-state index contributed by atoms with van der Waals surface area (Å²) in [6, 6.07) is 22.8. The Balaban J connectivity index is 0.791. The monoisotopic (exact) mass is 928 g/mol. The van der Waals surface area contributed by atoms with Gasteiger partial charge in [0, 0.05) is 89.4 Å². The molecule has 5 aliphatic heterocycles. The molecular weight excluding hydrogens is 876 g/mol. The molecule has 3 N–H and O–H groups in total. The molecule has 5 aromatic rings. The number of nitrogens with one attached hydrogen (secondary N) is 3. The second-order valence-corrected chi connectivity index (χ2v) is 19.8. The Morgan fingerprint density at radius 1 is 0.848 bits per heavy atom. The fourth-order valence-corrected chi connectivity index (χ4v) is 11.7. The number of aromatic nitrogens is 2. The number of thiazole rings is 1. The number of hydrogen-bond acceptors (Lipinski definition) is 11. The van der Waals surface area contributed by atoms with E-state index in [1.807, 2.05) is 72.9 Å². The van der Waals surface area contributed by atoms with Crippen LogP contribution in [0.2, 0.25) is 5.02 Å². The van der Waals surface area contributed by atoms with Gasteiger partial charge in [-0.1, -0.05) is 48.0 Å². The molecule has 2 atom stereocenters. The highest BCUT2D eigenvalue weighted by molar-refractivity contribution is 7.22. The van der Waals surface area contributed by atoms with Crippen molar-refractivity contribution in [1.29, 1.82) is 0 Å². The molecule has 0 bridgehead atoms. The minimum absolute atomic E-state index is 0.0289. The number of nitrogens with zero attached hydrogens (tertiary/aromatic N) is 5. The van der Waals surface area contributed by atoms with Crippen LogP contribution in [0.3, 0.4) is 0 Å². The minimum Gasteiger partial charge on any atom is -0.477 e. The molecule has 3 aromatic carbocycles. The van der Waals surface area contributed by atoms with Crippen LogP contribution in [-0.2, 0) is 24.0 Å². The van der Waals surface area contributed by atoms with E-state index in [1.54, 1.807) is 11.1 Å². The SMILES string of the molecule is O=C1CCC(c2cncc(N3CCC(CN4CCC(NC(=O)C5(Oc6ccccc6-c6nc7cccc(Cl)c7s6)CCN(C(=O)[C@H]6CC(=O)Nc7ccccc76)CC5)CC4)CC3)c2)C(=O)N1. The summed E-state index contributed by atoms with van der Waals surface area (Å²) in [5.41, 5.74) is 3.63. The lowest BCUT2D eigenvalue weighted by Crippen LogP contribution is -2.60. The van der Waals surface area contributed by atoms with Gasteiger partial charge in [-0.3, -0.25) is 34.3 Å². The van der Waals surface area contributed by atoms with Crippen molar-refractivity contribution in [3.8, 4) is 16.3 Å². The number of halogens is 1. The number of para-hydroxylation sites is 2. The van der Waals surface area contributed by atoms with Gasteiger partial charge in [0.15, 0.2) is 5.60 Å². The summed E-state index contributed by atoms with van der Waals surface area (Å²) in [6.07, 6.45) is 8.80. The van der Waals surface area contributed by atoms with Gasteiger partial charge in [0.2, 0.25) is 23.6 Å². The molecule has 7 heterocycles. The van der Waals surface area contributed by atoms with Crippen LogP contribution in [-0.4, -0.2) is 107 Å².